The molecule has 0 fully saturated rings. The summed E-state index contributed by atoms with van der Waals surface area (Å²) < 4.78 is 1.04. The van der Waals surface area contributed by atoms with Gasteiger partial charge in [0.05, 0.1) is 10.2 Å². The molecule has 0 radical (unpaired) electrons. The molecule has 1 aromatic carbocycles. The lowest BCUT2D eigenvalue weighted by Crippen LogP contribution is -3.00. The summed E-state index contributed by atoms with van der Waals surface area (Å²) in [6.45, 7) is 2.87. The Morgan fingerprint density at radius 3 is 2.56 bits per heavy atom. The van der Waals surface area contributed by atoms with E-state index in [0.717, 1.165) is 10.2 Å². The third-order valence-electron chi connectivity index (χ3n) is 2.24. The second kappa shape index (κ2) is 5.84. The third kappa shape index (κ3) is 3.00. The van der Waals surface area contributed by atoms with E-state index in [-0.39, 0.29) is 29.6 Å². The van der Waals surface area contributed by atoms with Gasteiger partial charge in [-0.3, -0.25) is 4.79 Å². The Bertz CT molecular complexity index is 570. The second-order valence-electron chi connectivity index (χ2n) is 3.63. The van der Waals surface area contributed by atoms with Gasteiger partial charge < -0.3 is 22.8 Å². The summed E-state index contributed by atoms with van der Waals surface area (Å²) in [5, 5.41) is 12.8. The maximum atomic E-state index is 11.3. The van der Waals surface area contributed by atoms with E-state index in [0.29, 0.717) is 5.13 Å². The molecule has 1 aromatic heterocycles. The number of rotatable bonds is 3. The topological polar surface area (TPSA) is 62.2 Å². The number of thiazole rings is 1. The Kier molecular flexibility index (Phi) is 4.69. The van der Waals surface area contributed by atoms with Crippen LogP contribution < -0.4 is 17.7 Å². The van der Waals surface area contributed by atoms with Crippen molar-refractivity contribution < 1.29 is 22.3 Å². The lowest BCUT2D eigenvalue weighted by molar-refractivity contribution is -0.113. The zero-order valence-electron chi connectivity index (χ0n) is 9.90. The maximum Gasteiger partial charge on any atom is 0.188 e. The van der Waals surface area contributed by atoms with Crippen molar-refractivity contribution in [3.8, 4) is 0 Å². The molecule has 1 heterocycles. The minimum Gasteiger partial charge on any atom is -1.00 e. The Hall–Kier alpha value is -1.59. The van der Waals surface area contributed by atoms with Crippen LogP contribution in [0.2, 0.25) is 0 Å². The largest absolute Gasteiger partial charge is 1.00 e. The summed E-state index contributed by atoms with van der Waals surface area (Å²) >= 11 is 1.44. The average molecular weight is 284 g/mol. The molecule has 0 atom stereocenters. The Morgan fingerprint density at radius 2 is 2.00 bits per heavy atom. The number of fused-ring (bicyclic) bond motifs is 1. The Labute approximate surface area is 115 Å². The first-order valence-electron chi connectivity index (χ1n) is 5.11. The van der Waals surface area contributed by atoms with Gasteiger partial charge in [0.25, 0.3) is 0 Å². The third-order valence-corrected chi connectivity index (χ3v) is 3.19. The number of aliphatic hydroxyl groups excluding tert-OH is 1. The zero-order valence-corrected chi connectivity index (χ0v) is 11.5. The molecule has 2 N–H and O–H groups in total. The van der Waals surface area contributed by atoms with Crippen molar-refractivity contribution in [1.29, 1.82) is 0 Å². The predicted octanol–water partition coefficient (Wildman–Crippen LogP) is 0.0907. The molecule has 0 saturated carbocycles. The molecule has 96 valence electrons. The number of hydrogen-bond acceptors (Lipinski definition) is 5. The van der Waals surface area contributed by atoms with Gasteiger partial charge in [0.1, 0.15) is 11.5 Å². The highest BCUT2D eigenvalue weighted by atomic mass is 35.5. The van der Waals surface area contributed by atoms with Gasteiger partial charge in [-0.15, -0.1) is 0 Å². The highest BCUT2D eigenvalue weighted by molar-refractivity contribution is 7.22. The van der Waals surface area contributed by atoms with E-state index in [4.69, 9.17) is 0 Å². The number of carbonyl (C=O) groups is 1. The van der Waals surface area contributed by atoms with Crippen LogP contribution in [0.25, 0.3) is 10.2 Å². The number of para-hydroxylation sites is 1. The molecule has 18 heavy (non-hydrogen) atoms. The molecular weight excluding hydrogens is 272 g/mol. The van der Waals surface area contributed by atoms with Gasteiger partial charge in [0, 0.05) is 6.92 Å². The number of ketones is 1. The quantitative estimate of drug-likeness (QED) is 0.619. The van der Waals surface area contributed by atoms with Gasteiger partial charge in [-0.25, -0.2) is 4.98 Å². The molecule has 6 heteroatoms. The molecule has 0 aliphatic carbocycles. The molecule has 2 aromatic rings. The van der Waals surface area contributed by atoms with Gasteiger partial charge in [-0.05, 0) is 19.1 Å². The molecule has 4 nitrogen and oxygen atoms in total. The van der Waals surface area contributed by atoms with Crippen LogP contribution in [0.15, 0.2) is 35.7 Å². The molecular formula is C12H12ClN2O2S-. The number of nitrogens with zero attached hydrogens (tertiary/aromatic N) is 1. The van der Waals surface area contributed by atoms with Crippen LogP contribution in [-0.2, 0) is 4.79 Å². The first kappa shape index (κ1) is 14.5. The highest BCUT2D eigenvalue weighted by Crippen LogP contribution is 2.26. The van der Waals surface area contributed by atoms with Crippen LogP contribution in [0.4, 0.5) is 5.13 Å². The summed E-state index contributed by atoms with van der Waals surface area (Å²) in [4.78, 5) is 15.6. The van der Waals surface area contributed by atoms with Crippen molar-refractivity contribution >= 4 is 32.5 Å². The van der Waals surface area contributed by atoms with Crippen LogP contribution in [-0.4, -0.2) is 15.9 Å². The van der Waals surface area contributed by atoms with E-state index in [1.807, 2.05) is 24.3 Å². The lowest BCUT2D eigenvalue weighted by Gasteiger charge is -2.04. The molecule has 0 amide bonds. The van der Waals surface area contributed by atoms with Gasteiger partial charge in [0.15, 0.2) is 10.9 Å². The number of nitrogens with one attached hydrogen (secondary N) is 1. The van der Waals surface area contributed by atoms with E-state index in [9.17, 15) is 9.90 Å². The Balaban J connectivity index is 0.00000162. The minimum absolute atomic E-state index is 0. The van der Waals surface area contributed by atoms with E-state index < -0.39 is 0 Å². The summed E-state index contributed by atoms with van der Waals surface area (Å²) in [6.07, 6.45) is 0. The summed E-state index contributed by atoms with van der Waals surface area (Å²) in [7, 11) is 0. The van der Waals surface area contributed by atoms with Gasteiger partial charge in [-0.1, -0.05) is 23.5 Å². The number of halogens is 1. The van der Waals surface area contributed by atoms with E-state index in [2.05, 4.69) is 10.3 Å². The van der Waals surface area contributed by atoms with Crippen LogP contribution in [0.1, 0.15) is 13.8 Å². The highest BCUT2D eigenvalue weighted by Gasteiger charge is 2.11. The monoisotopic (exact) mass is 283 g/mol. The van der Waals surface area contributed by atoms with Crippen LogP contribution in [0.3, 0.4) is 0 Å². The molecule has 2 rings (SSSR count). The summed E-state index contributed by atoms with van der Waals surface area (Å²) in [6, 6.07) is 7.70. The van der Waals surface area contributed by atoms with Crippen molar-refractivity contribution in [2.45, 2.75) is 13.8 Å². The Morgan fingerprint density at radius 1 is 1.33 bits per heavy atom. The molecule has 0 spiro atoms. The second-order valence-corrected chi connectivity index (χ2v) is 4.66. The molecule has 0 unspecified atom stereocenters. The van der Waals surface area contributed by atoms with Crippen molar-refractivity contribution in [3.63, 3.8) is 0 Å². The van der Waals surface area contributed by atoms with E-state index >= 15 is 0 Å². The number of Topliss-reactive ketones (excluding diaryl/α,β-unsaturated/α-hetero) is 1. The van der Waals surface area contributed by atoms with Crippen molar-refractivity contribution in [1.82, 2.24) is 4.98 Å². The number of anilines is 1. The van der Waals surface area contributed by atoms with Gasteiger partial charge in [0.2, 0.25) is 0 Å². The van der Waals surface area contributed by atoms with Crippen LogP contribution in [0.5, 0.6) is 0 Å². The lowest BCUT2D eigenvalue weighted by atomic mass is 10.3. The molecule has 0 aliphatic heterocycles. The number of allylic oxidation sites excluding steroid dienone is 2. The average Bonchev–Trinajstić information content (AvgIpc) is 2.67. The fourth-order valence-electron chi connectivity index (χ4n) is 1.47. The number of benzene rings is 1. The van der Waals surface area contributed by atoms with Crippen LogP contribution in [0, 0.1) is 0 Å². The van der Waals surface area contributed by atoms with Crippen molar-refractivity contribution in [3.05, 3.63) is 35.7 Å². The minimum atomic E-state index is -0.218. The fourth-order valence-corrected chi connectivity index (χ4v) is 2.34. The standard InChI is InChI=1S/C12H12N2O2S.ClH/c1-7(15)11(8(2)16)14-12-13-9-5-3-4-6-10(9)17-12;/h3-6,15H,1-2H3,(H,13,14);1H/p-1/b11-7-;. The van der Waals surface area contributed by atoms with Crippen molar-refractivity contribution in [2.75, 3.05) is 5.32 Å². The van der Waals surface area contributed by atoms with Gasteiger partial charge in [-0.2, -0.15) is 0 Å². The van der Waals surface area contributed by atoms with Crippen LogP contribution >= 0.6 is 11.3 Å². The number of carbonyl (C=O) groups excluding carboxylic acids is 1. The van der Waals surface area contributed by atoms with E-state index in [1.54, 1.807) is 0 Å². The first-order valence-corrected chi connectivity index (χ1v) is 5.93. The molecule has 0 bridgehead atoms. The number of aliphatic hydroxyl groups is 1. The number of hydrogen-bond donors (Lipinski definition) is 2. The number of aromatic nitrogens is 1. The first-order chi connectivity index (χ1) is 8.08. The summed E-state index contributed by atoms with van der Waals surface area (Å²) in [5.74, 6) is -0.249. The normalized spacial score (nSPS) is 11.7. The SMILES string of the molecule is CC(=O)/C(Nc1nc2ccccc2s1)=C(\C)O.[Cl-]. The predicted molar refractivity (Wildman–Crippen MR) is 69.3 cm³/mol. The smallest absolute Gasteiger partial charge is 0.188 e. The molecule has 0 aliphatic rings. The fraction of sp³-hybridized carbons (Fsp3) is 0.167. The molecule has 0 saturated heterocycles. The zero-order chi connectivity index (χ0) is 12.4. The van der Waals surface area contributed by atoms with Gasteiger partial charge >= 0.3 is 0 Å². The van der Waals surface area contributed by atoms with Crippen molar-refractivity contribution in [2.24, 2.45) is 0 Å². The summed E-state index contributed by atoms with van der Waals surface area (Å²) in [5.41, 5.74) is 1.06. The van der Waals surface area contributed by atoms with E-state index in [1.165, 1.54) is 25.2 Å². The maximum absolute atomic E-state index is 11.3.